The average Bonchev–Trinajstić information content (AvgIpc) is 2.10. The third-order valence-electron chi connectivity index (χ3n) is 1.90. The average molecular weight is 287 g/mol. The molecule has 0 saturated carbocycles. The summed E-state index contributed by atoms with van der Waals surface area (Å²) in [5, 5.41) is 8.47. The molecule has 0 aliphatic rings. The van der Waals surface area contributed by atoms with Crippen molar-refractivity contribution in [3.05, 3.63) is 0 Å². The first kappa shape index (κ1) is 16.3. The Bertz CT molecular complexity index is 452. The minimum absolute atomic E-state index is 0.0155. The number of carbonyl (C=O) groups is 1. The molecule has 0 aromatic rings. The summed E-state index contributed by atoms with van der Waals surface area (Å²) in [6.45, 7) is 1.57. The fourth-order valence-electron chi connectivity index (χ4n) is 0.973. The molecule has 0 amide bonds. The number of carboxylic acid groups (broad SMARTS) is 1. The molecule has 0 aromatic carbocycles. The van der Waals surface area contributed by atoms with Crippen LogP contribution in [0.5, 0.6) is 0 Å². The minimum atomic E-state index is -3.67. The first-order valence-corrected chi connectivity index (χ1v) is 8.60. The Hall–Kier alpha value is -0.670. The quantitative estimate of drug-likeness (QED) is 0.595. The van der Waals surface area contributed by atoms with Crippen LogP contribution in [0.25, 0.3) is 0 Å². The third kappa shape index (κ3) is 10.2. The zero-order valence-electron chi connectivity index (χ0n) is 9.71. The predicted octanol–water partition coefficient (Wildman–Crippen LogP) is -0.939. The normalized spacial score (nSPS) is 14.5. The number of aliphatic carboxylic acids is 1. The van der Waals surface area contributed by atoms with Crippen molar-refractivity contribution in [2.45, 2.75) is 13.3 Å². The number of sulfonamides is 1. The van der Waals surface area contributed by atoms with Gasteiger partial charge in [0.25, 0.3) is 0 Å². The third-order valence-corrected chi connectivity index (χ3v) is 4.45. The first-order chi connectivity index (χ1) is 7.52. The maximum Gasteiger partial charge on any atom is 0.303 e. The lowest BCUT2D eigenvalue weighted by Crippen LogP contribution is -2.33. The van der Waals surface area contributed by atoms with E-state index < -0.39 is 37.3 Å². The lowest BCUT2D eigenvalue weighted by Gasteiger charge is -2.10. The van der Waals surface area contributed by atoms with E-state index in [9.17, 15) is 21.6 Å². The summed E-state index contributed by atoms with van der Waals surface area (Å²) in [5.74, 6) is -2.31. The molecular formula is C8H17NO6S2. The van der Waals surface area contributed by atoms with Crippen molar-refractivity contribution in [2.24, 2.45) is 5.92 Å². The molecule has 0 aliphatic carbocycles. The predicted molar refractivity (Wildman–Crippen MR) is 62.9 cm³/mol. The summed E-state index contributed by atoms with van der Waals surface area (Å²) < 4.78 is 46.5. The maximum atomic E-state index is 11.3. The molecule has 0 saturated heterocycles. The van der Waals surface area contributed by atoms with Gasteiger partial charge in [0.15, 0.2) is 0 Å². The lowest BCUT2D eigenvalue weighted by atomic mass is 10.1. The van der Waals surface area contributed by atoms with Gasteiger partial charge in [-0.25, -0.2) is 21.6 Å². The topological polar surface area (TPSA) is 118 Å². The summed E-state index contributed by atoms with van der Waals surface area (Å²) in [5.41, 5.74) is 0. The van der Waals surface area contributed by atoms with Gasteiger partial charge in [-0.05, 0) is 5.92 Å². The second-order valence-corrected chi connectivity index (χ2v) is 8.19. The van der Waals surface area contributed by atoms with E-state index in [4.69, 9.17) is 5.11 Å². The molecule has 1 atom stereocenters. The molecule has 9 heteroatoms. The van der Waals surface area contributed by atoms with Gasteiger partial charge < -0.3 is 5.11 Å². The standard InChI is InChI=1S/C8H17NO6S2/c1-7(5-8(10)11)6-9-17(14,15)4-3-16(2,12)13/h7,9H,3-6H2,1-2H3,(H,10,11). The number of nitrogens with one attached hydrogen (secondary N) is 1. The van der Waals surface area contributed by atoms with E-state index >= 15 is 0 Å². The van der Waals surface area contributed by atoms with Gasteiger partial charge in [-0.3, -0.25) is 4.79 Å². The number of rotatable bonds is 8. The van der Waals surface area contributed by atoms with Crippen LogP contribution in [0, 0.1) is 5.92 Å². The van der Waals surface area contributed by atoms with Crippen LogP contribution in [0.15, 0.2) is 0 Å². The highest BCUT2D eigenvalue weighted by Gasteiger charge is 2.16. The summed E-state index contributed by atoms with van der Waals surface area (Å²) in [4.78, 5) is 10.3. The van der Waals surface area contributed by atoms with Gasteiger partial charge in [-0.15, -0.1) is 0 Å². The van der Waals surface area contributed by atoms with Crippen LogP contribution in [0.2, 0.25) is 0 Å². The monoisotopic (exact) mass is 287 g/mol. The molecule has 0 radical (unpaired) electrons. The van der Waals surface area contributed by atoms with E-state index in [1.54, 1.807) is 6.92 Å². The Labute approximate surface area is 101 Å². The van der Waals surface area contributed by atoms with Gasteiger partial charge in [-0.2, -0.15) is 0 Å². The summed E-state index contributed by atoms with van der Waals surface area (Å²) in [6, 6.07) is 0. The highest BCUT2D eigenvalue weighted by atomic mass is 32.2. The fraction of sp³-hybridized carbons (Fsp3) is 0.875. The number of hydrogen-bond donors (Lipinski definition) is 2. The largest absolute Gasteiger partial charge is 0.481 e. The van der Waals surface area contributed by atoms with Crippen molar-refractivity contribution in [3.8, 4) is 0 Å². The second kappa shape index (κ2) is 6.31. The number of sulfone groups is 1. The van der Waals surface area contributed by atoms with Crippen LogP contribution < -0.4 is 4.72 Å². The SMILES string of the molecule is CC(CNS(=O)(=O)CCS(C)(=O)=O)CC(=O)O. The molecular weight excluding hydrogens is 270 g/mol. The van der Waals surface area contributed by atoms with E-state index in [0.717, 1.165) is 6.26 Å². The van der Waals surface area contributed by atoms with Crippen LogP contribution >= 0.6 is 0 Å². The van der Waals surface area contributed by atoms with Gasteiger partial charge >= 0.3 is 5.97 Å². The molecule has 0 rings (SSSR count). The molecule has 0 fully saturated rings. The number of hydrogen-bond acceptors (Lipinski definition) is 5. The van der Waals surface area contributed by atoms with E-state index in [1.165, 1.54) is 0 Å². The summed E-state index contributed by atoms with van der Waals surface area (Å²) >= 11 is 0. The van der Waals surface area contributed by atoms with E-state index in [1.807, 2.05) is 0 Å². The Morgan fingerprint density at radius 3 is 2.18 bits per heavy atom. The zero-order chi connectivity index (χ0) is 13.7. The van der Waals surface area contributed by atoms with Crippen molar-refractivity contribution in [1.29, 1.82) is 0 Å². The smallest absolute Gasteiger partial charge is 0.303 e. The van der Waals surface area contributed by atoms with Gasteiger partial charge in [0.1, 0.15) is 9.84 Å². The van der Waals surface area contributed by atoms with Crippen molar-refractivity contribution in [3.63, 3.8) is 0 Å². The molecule has 0 bridgehead atoms. The van der Waals surface area contributed by atoms with Crippen LogP contribution in [0.1, 0.15) is 13.3 Å². The molecule has 2 N–H and O–H groups in total. The van der Waals surface area contributed by atoms with Crippen molar-refractivity contribution in [2.75, 3.05) is 24.3 Å². The van der Waals surface area contributed by atoms with Crippen LogP contribution in [-0.2, 0) is 24.7 Å². The maximum absolute atomic E-state index is 11.3. The molecule has 0 aromatic heterocycles. The molecule has 0 aliphatic heterocycles. The number of carboxylic acids is 1. The fourth-order valence-corrected chi connectivity index (χ4v) is 3.74. The van der Waals surface area contributed by atoms with Gasteiger partial charge in [0.2, 0.25) is 10.0 Å². The summed E-state index contributed by atoms with van der Waals surface area (Å²) in [6.07, 6.45) is 0.810. The highest BCUT2D eigenvalue weighted by Crippen LogP contribution is 2.00. The lowest BCUT2D eigenvalue weighted by molar-refractivity contribution is -0.137. The van der Waals surface area contributed by atoms with Gasteiger partial charge in [0.05, 0.1) is 11.5 Å². The van der Waals surface area contributed by atoms with Gasteiger partial charge in [-0.1, -0.05) is 6.92 Å². The van der Waals surface area contributed by atoms with E-state index in [-0.39, 0.29) is 18.9 Å². The molecule has 0 heterocycles. The molecule has 0 spiro atoms. The highest BCUT2D eigenvalue weighted by molar-refractivity contribution is 7.93. The van der Waals surface area contributed by atoms with Crippen molar-refractivity contribution < 1.29 is 26.7 Å². The van der Waals surface area contributed by atoms with Crippen molar-refractivity contribution >= 4 is 25.8 Å². The minimum Gasteiger partial charge on any atom is -0.481 e. The Morgan fingerprint density at radius 1 is 1.24 bits per heavy atom. The molecule has 1 unspecified atom stereocenters. The molecule has 17 heavy (non-hydrogen) atoms. The van der Waals surface area contributed by atoms with Crippen LogP contribution in [0.4, 0.5) is 0 Å². The van der Waals surface area contributed by atoms with Crippen LogP contribution in [-0.4, -0.2) is 52.2 Å². The summed E-state index contributed by atoms with van der Waals surface area (Å²) in [7, 11) is -7.00. The molecule has 7 nitrogen and oxygen atoms in total. The molecule has 102 valence electrons. The van der Waals surface area contributed by atoms with Crippen LogP contribution in [0.3, 0.4) is 0 Å². The van der Waals surface area contributed by atoms with Gasteiger partial charge in [0, 0.05) is 19.2 Å². The van der Waals surface area contributed by atoms with E-state index in [2.05, 4.69) is 4.72 Å². The Kier molecular flexibility index (Phi) is 6.06. The Balaban J connectivity index is 4.15. The second-order valence-electron chi connectivity index (χ2n) is 4.00. The van der Waals surface area contributed by atoms with E-state index in [0.29, 0.717) is 0 Å². The first-order valence-electron chi connectivity index (χ1n) is 4.89. The van der Waals surface area contributed by atoms with Crippen molar-refractivity contribution in [1.82, 2.24) is 4.72 Å². The zero-order valence-corrected chi connectivity index (χ0v) is 11.3. The Morgan fingerprint density at radius 2 is 1.76 bits per heavy atom.